The van der Waals surface area contributed by atoms with Crippen molar-refractivity contribution in [2.45, 2.75) is 51.6 Å². The number of hydrogen-bond acceptors (Lipinski definition) is 3. The molecule has 2 atom stereocenters. The number of nitrogens with one attached hydrogen (secondary N) is 1. The number of phenols is 1. The highest BCUT2D eigenvalue weighted by atomic mass is 16.3. The van der Waals surface area contributed by atoms with E-state index in [2.05, 4.69) is 24.1 Å². The van der Waals surface area contributed by atoms with Crippen LogP contribution in [0.1, 0.15) is 38.7 Å². The van der Waals surface area contributed by atoms with Gasteiger partial charge in [-0.05, 0) is 63.4 Å². The van der Waals surface area contributed by atoms with Crippen LogP contribution >= 0.6 is 0 Å². The molecule has 0 amide bonds. The van der Waals surface area contributed by atoms with Gasteiger partial charge in [-0.1, -0.05) is 19.1 Å². The number of hydrogen-bond donors (Lipinski definition) is 2. The molecule has 2 unspecified atom stereocenters. The average Bonchev–Trinajstić information content (AvgIpc) is 2.48. The maximum Gasteiger partial charge on any atom is 0.115 e. The standard InChI is InChI=1S/C17H28N2O/c1-3-19(16-5-4-12-18-13-16)14(2)6-7-15-8-10-17(20)11-9-15/h8-11,14,16,18,20H,3-7,12-13H2,1-2H3. The summed E-state index contributed by atoms with van der Waals surface area (Å²) < 4.78 is 0. The van der Waals surface area contributed by atoms with Crippen molar-refractivity contribution in [2.24, 2.45) is 0 Å². The molecule has 0 aliphatic carbocycles. The van der Waals surface area contributed by atoms with E-state index in [9.17, 15) is 5.11 Å². The van der Waals surface area contributed by atoms with Crippen molar-refractivity contribution in [3.05, 3.63) is 29.8 Å². The highest BCUT2D eigenvalue weighted by Crippen LogP contribution is 2.18. The number of piperidine rings is 1. The second-order valence-corrected chi connectivity index (χ2v) is 5.88. The Balaban J connectivity index is 1.85. The lowest BCUT2D eigenvalue weighted by Gasteiger charge is -2.38. The Labute approximate surface area is 123 Å². The lowest BCUT2D eigenvalue weighted by Crippen LogP contribution is -2.49. The summed E-state index contributed by atoms with van der Waals surface area (Å²) in [4.78, 5) is 2.65. The minimum Gasteiger partial charge on any atom is -0.508 e. The summed E-state index contributed by atoms with van der Waals surface area (Å²) in [7, 11) is 0. The van der Waals surface area contributed by atoms with Crippen molar-refractivity contribution >= 4 is 0 Å². The topological polar surface area (TPSA) is 35.5 Å². The number of nitrogens with zero attached hydrogens (tertiary/aromatic N) is 1. The fraction of sp³-hybridized carbons (Fsp3) is 0.647. The van der Waals surface area contributed by atoms with Gasteiger partial charge in [-0.3, -0.25) is 4.90 Å². The van der Waals surface area contributed by atoms with Gasteiger partial charge >= 0.3 is 0 Å². The summed E-state index contributed by atoms with van der Waals surface area (Å²) in [5.74, 6) is 0.352. The average molecular weight is 276 g/mol. The van der Waals surface area contributed by atoms with E-state index in [1.807, 2.05) is 12.1 Å². The van der Waals surface area contributed by atoms with Crippen molar-refractivity contribution < 1.29 is 5.11 Å². The molecule has 1 heterocycles. The molecule has 3 nitrogen and oxygen atoms in total. The van der Waals surface area contributed by atoms with Crippen LogP contribution in [0, 0.1) is 0 Å². The van der Waals surface area contributed by atoms with Crippen LogP contribution in [-0.4, -0.2) is 41.7 Å². The Morgan fingerprint density at radius 2 is 2.10 bits per heavy atom. The van der Waals surface area contributed by atoms with Crippen LogP contribution in [0.4, 0.5) is 0 Å². The SMILES string of the molecule is CCN(C(C)CCc1ccc(O)cc1)C1CCCNC1. The van der Waals surface area contributed by atoms with Gasteiger partial charge < -0.3 is 10.4 Å². The van der Waals surface area contributed by atoms with E-state index >= 15 is 0 Å². The van der Waals surface area contributed by atoms with E-state index < -0.39 is 0 Å². The van der Waals surface area contributed by atoms with Crippen LogP contribution < -0.4 is 5.32 Å². The summed E-state index contributed by atoms with van der Waals surface area (Å²) in [6.45, 7) is 8.06. The first-order chi connectivity index (χ1) is 9.70. The molecule has 1 fully saturated rings. The monoisotopic (exact) mass is 276 g/mol. The summed E-state index contributed by atoms with van der Waals surface area (Å²) in [5, 5.41) is 12.8. The minimum absolute atomic E-state index is 0.352. The summed E-state index contributed by atoms with van der Waals surface area (Å²) in [5.41, 5.74) is 1.31. The molecule has 20 heavy (non-hydrogen) atoms. The zero-order valence-corrected chi connectivity index (χ0v) is 12.8. The van der Waals surface area contributed by atoms with Crippen LogP contribution in [0.3, 0.4) is 0 Å². The van der Waals surface area contributed by atoms with Crippen LogP contribution in [0.15, 0.2) is 24.3 Å². The predicted molar refractivity (Wildman–Crippen MR) is 84.2 cm³/mol. The molecule has 3 heteroatoms. The molecule has 0 saturated carbocycles. The van der Waals surface area contributed by atoms with Gasteiger partial charge in [0.15, 0.2) is 0 Å². The molecule has 0 spiro atoms. The second kappa shape index (κ2) is 7.65. The molecule has 112 valence electrons. The number of aromatic hydroxyl groups is 1. The van der Waals surface area contributed by atoms with Gasteiger partial charge in [0.1, 0.15) is 5.75 Å². The highest BCUT2D eigenvalue weighted by Gasteiger charge is 2.23. The lowest BCUT2D eigenvalue weighted by atomic mass is 10.0. The van der Waals surface area contributed by atoms with E-state index in [0.29, 0.717) is 17.8 Å². The Kier molecular flexibility index (Phi) is 5.86. The van der Waals surface area contributed by atoms with Crippen LogP contribution in [-0.2, 0) is 6.42 Å². The van der Waals surface area contributed by atoms with Gasteiger partial charge in [0.05, 0.1) is 0 Å². The summed E-state index contributed by atoms with van der Waals surface area (Å²) >= 11 is 0. The number of likely N-dealkylation sites (N-methyl/N-ethyl adjacent to an activating group) is 1. The van der Waals surface area contributed by atoms with Gasteiger partial charge in [0, 0.05) is 18.6 Å². The smallest absolute Gasteiger partial charge is 0.115 e. The third-order valence-corrected chi connectivity index (χ3v) is 4.46. The predicted octanol–water partition coefficient (Wildman–Crippen LogP) is 2.79. The fourth-order valence-corrected chi connectivity index (χ4v) is 3.25. The zero-order valence-electron chi connectivity index (χ0n) is 12.8. The maximum atomic E-state index is 9.32. The largest absolute Gasteiger partial charge is 0.508 e. The Bertz CT molecular complexity index is 384. The third-order valence-electron chi connectivity index (χ3n) is 4.46. The Hall–Kier alpha value is -1.06. The van der Waals surface area contributed by atoms with Crippen molar-refractivity contribution in [3.8, 4) is 5.75 Å². The molecule has 0 aromatic heterocycles. The van der Waals surface area contributed by atoms with Gasteiger partial charge in [-0.2, -0.15) is 0 Å². The third kappa shape index (κ3) is 4.22. The van der Waals surface area contributed by atoms with Gasteiger partial charge in [-0.15, -0.1) is 0 Å². The molecule has 1 saturated heterocycles. The van der Waals surface area contributed by atoms with Crippen LogP contribution in [0.25, 0.3) is 0 Å². The van der Waals surface area contributed by atoms with E-state index in [4.69, 9.17) is 0 Å². The Morgan fingerprint density at radius 3 is 2.70 bits per heavy atom. The van der Waals surface area contributed by atoms with E-state index in [1.165, 1.54) is 31.4 Å². The molecule has 2 rings (SSSR count). The molecule has 0 radical (unpaired) electrons. The number of aryl methyl sites for hydroxylation is 1. The quantitative estimate of drug-likeness (QED) is 0.838. The van der Waals surface area contributed by atoms with Gasteiger partial charge in [0.25, 0.3) is 0 Å². The molecular weight excluding hydrogens is 248 g/mol. The molecule has 1 aliphatic heterocycles. The number of phenolic OH excluding ortho intramolecular Hbond substituents is 1. The van der Waals surface area contributed by atoms with Crippen molar-refractivity contribution in [1.82, 2.24) is 10.2 Å². The van der Waals surface area contributed by atoms with E-state index in [0.717, 1.165) is 19.5 Å². The normalized spacial score (nSPS) is 21.1. The molecule has 1 aromatic rings. The first-order valence-electron chi connectivity index (χ1n) is 7.95. The van der Waals surface area contributed by atoms with Gasteiger partial charge in [-0.25, -0.2) is 0 Å². The maximum absolute atomic E-state index is 9.32. The summed E-state index contributed by atoms with van der Waals surface area (Å²) in [6.07, 6.45) is 4.88. The Morgan fingerprint density at radius 1 is 1.35 bits per heavy atom. The molecule has 0 bridgehead atoms. The second-order valence-electron chi connectivity index (χ2n) is 5.88. The number of rotatable bonds is 6. The molecule has 2 N–H and O–H groups in total. The minimum atomic E-state index is 0.352. The van der Waals surface area contributed by atoms with Crippen molar-refractivity contribution in [1.29, 1.82) is 0 Å². The van der Waals surface area contributed by atoms with Gasteiger partial charge in [0.2, 0.25) is 0 Å². The van der Waals surface area contributed by atoms with Crippen molar-refractivity contribution in [3.63, 3.8) is 0 Å². The molecular formula is C17H28N2O. The van der Waals surface area contributed by atoms with E-state index in [1.54, 1.807) is 12.1 Å². The number of benzene rings is 1. The van der Waals surface area contributed by atoms with Crippen molar-refractivity contribution in [2.75, 3.05) is 19.6 Å². The molecule has 1 aliphatic rings. The fourth-order valence-electron chi connectivity index (χ4n) is 3.25. The van der Waals surface area contributed by atoms with Crippen LogP contribution in [0.2, 0.25) is 0 Å². The first-order valence-corrected chi connectivity index (χ1v) is 7.95. The summed E-state index contributed by atoms with van der Waals surface area (Å²) in [6, 6.07) is 8.93. The zero-order chi connectivity index (χ0) is 14.4. The van der Waals surface area contributed by atoms with Crippen LogP contribution in [0.5, 0.6) is 5.75 Å². The first kappa shape index (κ1) is 15.3. The lowest BCUT2D eigenvalue weighted by molar-refractivity contribution is 0.122. The van der Waals surface area contributed by atoms with E-state index in [-0.39, 0.29) is 0 Å². The highest BCUT2D eigenvalue weighted by molar-refractivity contribution is 5.25. The molecule has 1 aromatic carbocycles.